The molecule has 1 aromatic rings. The van der Waals surface area contributed by atoms with Crippen LogP contribution in [0.2, 0.25) is 0 Å². The molecule has 1 amide bonds. The maximum absolute atomic E-state index is 12.0. The summed E-state index contributed by atoms with van der Waals surface area (Å²) in [5, 5.41) is 10.8. The fourth-order valence-electron chi connectivity index (χ4n) is 1.21. The molecule has 0 aliphatic rings. The molecule has 1 aromatic carbocycles. The van der Waals surface area contributed by atoms with Crippen LogP contribution in [0.25, 0.3) is 0 Å². The molecule has 1 rings (SSSR count). The van der Waals surface area contributed by atoms with Gasteiger partial charge in [0.25, 0.3) is 5.91 Å². The van der Waals surface area contributed by atoms with Crippen molar-refractivity contribution >= 4 is 11.9 Å². The molecule has 0 saturated heterocycles. The first-order chi connectivity index (χ1) is 8.90. The van der Waals surface area contributed by atoms with Gasteiger partial charge < -0.3 is 20.9 Å². The number of hydrogen-bond acceptors (Lipinski definition) is 4. The first-order valence-electron chi connectivity index (χ1n) is 5.21. The van der Waals surface area contributed by atoms with Crippen LogP contribution in [0.15, 0.2) is 24.3 Å². The minimum absolute atomic E-state index is 0.0655. The van der Waals surface area contributed by atoms with Crippen LogP contribution in [0.4, 0.5) is 8.78 Å². The summed E-state index contributed by atoms with van der Waals surface area (Å²) < 4.78 is 28.1. The molecule has 0 spiro atoms. The van der Waals surface area contributed by atoms with E-state index in [0.29, 0.717) is 0 Å². The number of carbonyl (C=O) groups excluding carboxylic acids is 1. The van der Waals surface area contributed by atoms with E-state index in [4.69, 9.17) is 10.8 Å². The molecule has 4 N–H and O–H groups in total. The molecule has 0 fully saturated rings. The minimum atomic E-state index is -2.99. The number of amides is 1. The molecule has 0 radical (unpaired) electrons. The number of nitrogens with one attached hydrogen (secondary N) is 1. The molecule has 104 valence electrons. The monoisotopic (exact) mass is 274 g/mol. The quantitative estimate of drug-likeness (QED) is 0.698. The molecule has 19 heavy (non-hydrogen) atoms. The molecule has 0 saturated carbocycles. The number of halogens is 2. The van der Waals surface area contributed by atoms with Crippen LogP contribution >= 0.6 is 0 Å². The topological polar surface area (TPSA) is 102 Å². The van der Waals surface area contributed by atoms with Crippen LogP contribution in [0.1, 0.15) is 10.4 Å². The Balaban J connectivity index is 2.64. The Hall–Kier alpha value is -2.22. The van der Waals surface area contributed by atoms with Gasteiger partial charge in [-0.1, -0.05) is 6.07 Å². The van der Waals surface area contributed by atoms with E-state index >= 15 is 0 Å². The number of carbonyl (C=O) groups is 2. The maximum atomic E-state index is 12.0. The van der Waals surface area contributed by atoms with E-state index in [1.807, 2.05) is 0 Å². The third kappa shape index (κ3) is 4.88. The van der Waals surface area contributed by atoms with Crippen LogP contribution in [0.3, 0.4) is 0 Å². The van der Waals surface area contributed by atoms with Crippen LogP contribution in [0.5, 0.6) is 5.75 Å². The Labute approximate surface area is 107 Å². The molecule has 1 unspecified atom stereocenters. The number of nitrogens with two attached hydrogens (primary N) is 1. The van der Waals surface area contributed by atoms with Gasteiger partial charge in [0.1, 0.15) is 11.8 Å². The highest BCUT2D eigenvalue weighted by atomic mass is 19.3. The molecular weight excluding hydrogens is 262 g/mol. The van der Waals surface area contributed by atoms with Crippen molar-refractivity contribution in [3.05, 3.63) is 29.8 Å². The highest BCUT2D eigenvalue weighted by Crippen LogP contribution is 2.15. The lowest BCUT2D eigenvalue weighted by atomic mass is 10.2. The normalized spacial score (nSPS) is 12.0. The van der Waals surface area contributed by atoms with Gasteiger partial charge in [0, 0.05) is 12.1 Å². The molecule has 8 heteroatoms. The molecule has 0 heterocycles. The van der Waals surface area contributed by atoms with Gasteiger partial charge in [0.05, 0.1) is 0 Å². The Morgan fingerprint density at radius 2 is 2.11 bits per heavy atom. The minimum Gasteiger partial charge on any atom is -0.480 e. The summed E-state index contributed by atoms with van der Waals surface area (Å²) in [6.45, 7) is -3.26. The predicted molar refractivity (Wildman–Crippen MR) is 61.0 cm³/mol. The van der Waals surface area contributed by atoms with E-state index in [-0.39, 0.29) is 17.9 Å². The zero-order chi connectivity index (χ0) is 14.4. The average Bonchev–Trinajstić information content (AvgIpc) is 2.34. The van der Waals surface area contributed by atoms with Gasteiger partial charge in [-0.05, 0) is 18.2 Å². The molecule has 0 aromatic heterocycles. The SMILES string of the molecule is NC(CNC(=O)c1cccc(OC(F)F)c1)C(=O)O. The highest BCUT2D eigenvalue weighted by molar-refractivity contribution is 5.94. The lowest BCUT2D eigenvalue weighted by Crippen LogP contribution is -2.42. The fraction of sp³-hybridized carbons (Fsp3) is 0.273. The van der Waals surface area contributed by atoms with Gasteiger partial charge in [-0.3, -0.25) is 9.59 Å². The summed E-state index contributed by atoms with van der Waals surface area (Å²) in [6.07, 6.45) is 0. The zero-order valence-electron chi connectivity index (χ0n) is 9.68. The van der Waals surface area contributed by atoms with Gasteiger partial charge >= 0.3 is 12.6 Å². The number of rotatable bonds is 6. The molecule has 0 aliphatic heterocycles. The number of carboxylic acid groups (broad SMARTS) is 1. The second-order valence-electron chi connectivity index (χ2n) is 3.56. The van der Waals surface area contributed by atoms with Gasteiger partial charge in [-0.2, -0.15) is 8.78 Å². The Bertz CT molecular complexity index is 468. The van der Waals surface area contributed by atoms with E-state index < -0.39 is 24.5 Å². The van der Waals surface area contributed by atoms with Crippen LogP contribution in [0, 0.1) is 0 Å². The lowest BCUT2D eigenvalue weighted by Gasteiger charge is -2.09. The Morgan fingerprint density at radius 1 is 1.42 bits per heavy atom. The fourth-order valence-corrected chi connectivity index (χ4v) is 1.21. The van der Waals surface area contributed by atoms with Crippen molar-refractivity contribution in [2.75, 3.05) is 6.54 Å². The number of aliphatic carboxylic acids is 1. The molecule has 0 bridgehead atoms. The van der Waals surface area contributed by atoms with E-state index in [0.717, 1.165) is 6.07 Å². The third-order valence-electron chi connectivity index (χ3n) is 2.12. The molecular formula is C11H12F2N2O4. The van der Waals surface area contributed by atoms with Crippen molar-refractivity contribution in [3.8, 4) is 5.75 Å². The number of carboxylic acids is 1. The summed E-state index contributed by atoms with van der Waals surface area (Å²) in [5.74, 6) is -2.04. The van der Waals surface area contributed by atoms with Gasteiger partial charge in [0.2, 0.25) is 0 Å². The first-order valence-corrected chi connectivity index (χ1v) is 5.21. The molecule has 6 nitrogen and oxygen atoms in total. The standard InChI is InChI=1S/C11H12F2N2O4/c12-11(13)19-7-3-1-2-6(4-7)9(16)15-5-8(14)10(17)18/h1-4,8,11H,5,14H2,(H,15,16)(H,17,18). The number of hydrogen-bond donors (Lipinski definition) is 3. The maximum Gasteiger partial charge on any atom is 0.387 e. The predicted octanol–water partition coefficient (Wildman–Crippen LogP) is 0.430. The Kier molecular flexibility index (Phi) is 5.19. The van der Waals surface area contributed by atoms with Crippen LogP contribution < -0.4 is 15.8 Å². The van der Waals surface area contributed by atoms with E-state index in [1.165, 1.54) is 18.2 Å². The number of benzene rings is 1. The zero-order valence-corrected chi connectivity index (χ0v) is 9.68. The molecule has 1 atom stereocenters. The van der Waals surface area contributed by atoms with Crippen molar-refractivity contribution in [2.45, 2.75) is 12.7 Å². The smallest absolute Gasteiger partial charge is 0.387 e. The number of ether oxygens (including phenoxy) is 1. The second-order valence-corrected chi connectivity index (χ2v) is 3.56. The van der Waals surface area contributed by atoms with E-state index in [1.54, 1.807) is 0 Å². The van der Waals surface area contributed by atoms with Crippen molar-refractivity contribution in [2.24, 2.45) is 5.73 Å². The van der Waals surface area contributed by atoms with Gasteiger partial charge in [-0.15, -0.1) is 0 Å². The Morgan fingerprint density at radius 3 is 2.68 bits per heavy atom. The summed E-state index contributed by atoms with van der Waals surface area (Å²) in [4.78, 5) is 22.1. The third-order valence-corrected chi connectivity index (χ3v) is 2.12. The first kappa shape index (κ1) is 14.8. The highest BCUT2D eigenvalue weighted by Gasteiger charge is 2.14. The largest absolute Gasteiger partial charge is 0.480 e. The second kappa shape index (κ2) is 6.64. The van der Waals surface area contributed by atoms with E-state index in [2.05, 4.69) is 10.1 Å². The summed E-state index contributed by atoms with van der Waals surface area (Å²) in [7, 11) is 0. The molecule has 0 aliphatic carbocycles. The van der Waals surface area contributed by atoms with Crippen LogP contribution in [-0.4, -0.2) is 36.2 Å². The van der Waals surface area contributed by atoms with Gasteiger partial charge in [0.15, 0.2) is 0 Å². The van der Waals surface area contributed by atoms with Crippen molar-refractivity contribution in [3.63, 3.8) is 0 Å². The van der Waals surface area contributed by atoms with Crippen molar-refractivity contribution in [1.29, 1.82) is 0 Å². The average molecular weight is 274 g/mol. The van der Waals surface area contributed by atoms with Crippen molar-refractivity contribution < 1.29 is 28.2 Å². The summed E-state index contributed by atoms with van der Waals surface area (Å²) in [5.41, 5.74) is 5.27. The van der Waals surface area contributed by atoms with Gasteiger partial charge in [-0.25, -0.2) is 0 Å². The number of alkyl halides is 2. The van der Waals surface area contributed by atoms with E-state index in [9.17, 15) is 18.4 Å². The summed E-state index contributed by atoms with van der Waals surface area (Å²) >= 11 is 0. The van der Waals surface area contributed by atoms with Crippen LogP contribution in [-0.2, 0) is 4.79 Å². The van der Waals surface area contributed by atoms with Crippen molar-refractivity contribution in [1.82, 2.24) is 5.32 Å². The lowest BCUT2D eigenvalue weighted by molar-refractivity contribution is -0.138. The summed E-state index contributed by atoms with van der Waals surface area (Å²) in [6, 6.07) is 3.90.